The summed E-state index contributed by atoms with van der Waals surface area (Å²) in [6.45, 7) is 9.16. The van der Waals surface area contributed by atoms with Gasteiger partial charge in [-0.25, -0.2) is 9.79 Å². The van der Waals surface area contributed by atoms with Crippen LogP contribution in [0.2, 0.25) is 0 Å². The zero-order valence-corrected chi connectivity index (χ0v) is 19.1. The number of nitrogens with zero attached hydrogens (tertiary/aromatic N) is 2. The number of hydrogen-bond acceptors (Lipinski definition) is 4. The average molecular weight is 437 g/mol. The van der Waals surface area contributed by atoms with Crippen LogP contribution >= 0.6 is 0 Å². The summed E-state index contributed by atoms with van der Waals surface area (Å²) in [5.41, 5.74) is 2.19. The van der Waals surface area contributed by atoms with E-state index in [1.807, 2.05) is 11.5 Å². The highest BCUT2D eigenvalue weighted by Gasteiger charge is 2.18. The monoisotopic (exact) mass is 436 g/mol. The molecule has 2 heterocycles. The topological polar surface area (TPSA) is 86.2 Å². The van der Waals surface area contributed by atoms with Gasteiger partial charge in [-0.05, 0) is 63.4 Å². The van der Waals surface area contributed by atoms with E-state index in [-0.39, 0.29) is 11.7 Å². The minimum Gasteiger partial charge on any atom is -0.344 e. The molecule has 1 aromatic carbocycles. The molecule has 0 unspecified atom stereocenters. The van der Waals surface area contributed by atoms with Crippen LogP contribution in [0.3, 0.4) is 0 Å². The number of piperidine rings is 1. The second-order valence-corrected chi connectivity index (χ2v) is 9.02. The number of amidine groups is 1. The van der Waals surface area contributed by atoms with Crippen LogP contribution in [-0.2, 0) is 6.54 Å². The van der Waals surface area contributed by atoms with Gasteiger partial charge in [-0.15, -0.1) is 0 Å². The van der Waals surface area contributed by atoms with E-state index in [0.717, 1.165) is 49.3 Å². The maximum atomic E-state index is 12.5. The highest BCUT2D eigenvalue weighted by molar-refractivity contribution is 5.94. The molecule has 0 bridgehead atoms. The average Bonchev–Trinajstić information content (AvgIpc) is 3.11. The van der Waals surface area contributed by atoms with Gasteiger partial charge in [0, 0.05) is 24.3 Å². The fourth-order valence-electron chi connectivity index (χ4n) is 4.73. The van der Waals surface area contributed by atoms with Gasteiger partial charge in [-0.2, -0.15) is 0 Å². The van der Waals surface area contributed by atoms with Crippen LogP contribution in [0.4, 0.5) is 5.69 Å². The summed E-state index contributed by atoms with van der Waals surface area (Å²) in [7, 11) is 0. The molecule has 7 heteroatoms. The van der Waals surface area contributed by atoms with E-state index >= 15 is 0 Å². The van der Waals surface area contributed by atoms with Gasteiger partial charge in [0.2, 0.25) is 0 Å². The first kappa shape index (κ1) is 22.6. The molecule has 1 aliphatic heterocycles. The minimum absolute atomic E-state index is 0.0809. The van der Waals surface area contributed by atoms with Gasteiger partial charge in [0.1, 0.15) is 5.84 Å². The van der Waals surface area contributed by atoms with Crippen LogP contribution in [0.15, 0.2) is 34.1 Å². The largest absolute Gasteiger partial charge is 0.344 e. The first-order chi connectivity index (χ1) is 15.6. The molecule has 0 spiro atoms. The number of aliphatic imine (C=N–C) groups is 1. The fourth-order valence-corrected chi connectivity index (χ4v) is 4.73. The Labute approximate surface area is 189 Å². The molecule has 2 aromatic rings. The lowest BCUT2D eigenvalue weighted by Crippen LogP contribution is -2.39. The van der Waals surface area contributed by atoms with Crippen LogP contribution in [0, 0.1) is 0 Å². The van der Waals surface area contributed by atoms with Crippen molar-refractivity contribution in [1.82, 2.24) is 20.2 Å². The fraction of sp³-hybridized carbons (Fsp3) is 0.520. The van der Waals surface area contributed by atoms with Crippen molar-refractivity contribution in [3.05, 3.63) is 51.0 Å². The van der Waals surface area contributed by atoms with Crippen LogP contribution < -0.4 is 32.3 Å². The Kier molecular flexibility index (Phi) is 7.60. The Hall–Kier alpha value is -2.64. The number of benzene rings is 1. The summed E-state index contributed by atoms with van der Waals surface area (Å²) >= 11 is 0. The van der Waals surface area contributed by atoms with Gasteiger partial charge in [0.15, 0.2) is 0 Å². The number of imidazole rings is 1. The van der Waals surface area contributed by atoms with Crippen molar-refractivity contribution in [2.75, 3.05) is 18.4 Å². The van der Waals surface area contributed by atoms with Gasteiger partial charge >= 0.3 is 5.69 Å². The summed E-state index contributed by atoms with van der Waals surface area (Å²) in [5.74, 6) is 0.760. The number of aromatic amines is 1. The summed E-state index contributed by atoms with van der Waals surface area (Å²) in [5, 5.41) is 11.8. The molecule has 0 radical (unpaired) electrons. The van der Waals surface area contributed by atoms with Gasteiger partial charge < -0.3 is 20.9 Å². The third kappa shape index (κ3) is 5.78. The third-order valence-electron chi connectivity index (χ3n) is 6.60. The SMILES string of the molecule is C=c1/c(=C\N=C(C)Nc2ccc(CNC3CCNCC3)cc2)[nH]c(=O)n1C1CCCCC1. The van der Waals surface area contributed by atoms with Crippen molar-refractivity contribution in [3.8, 4) is 0 Å². The molecule has 1 aromatic heterocycles. The summed E-state index contributed by atoms with van der Waals surface area (Å²) in [6.07, 6.45) is 9.78. The zero-order chi connectivity index (χ0) is 22.3. The lowest BCUT2D eigenvalue weighted by Gasteiger charge is -2.23. The molecule has 4 rings (SSSR count). The number of H-pyrrole nitrogens is 1. The Morgan fingerprint density at radius 3 is 2.59 bits per heavy atom. The van der Waals surface area contributed by atoms with Crippen molar-refractivity contribution < 1.29 is 0 Å². The molecule has 1 aliphatic carbocycles. The van der Waals surface area contributed by atoms with E-state index in [4.69, 9.17) is 0 Å². The van der Waals surface area contributed by atoms with Crippen molar-refractivity contribution >= 4 is 24.3 Å². The quantitative estimate of drug-likeness (QED) is 0.413. The maximum absolute atomic E-state index is 12.5. The zero-order valence-electron chi connectivity index (χ0n) is 19.1. The first-order valence-electron chi connectivity index (χ1n) is 11.9. The van der Waals surface area contributed by atoms with Crippen LogP contribution in [0.5, 0.6) is 0 Å². The van der Waals surface area contributed by atoms with Crippen LogP contribution in [0.25, 0.3) is 12.8 Å². The van der Waals surface area contributed by atoms with Crippen LogP contribution in [0.1, 0.15) is 63.5 Å². The second kappa shape index (κ2) is 10.8. The van der Waals surface area contributed by atoms with E-state index in [0.29, 0.717) is 11.4 Å². The van der Waals surface area contributed by atoms with E-state index in [9.17, 15) is 4.79 Å². The lowest BCUT2D eigenvalue weighted by molar-refractivity contribution is 0.342. The van der Waals surface area contributed by atoms with Crippen LogP contribution in [-0.4, -0.2) is 34.5 Å². The Morgan fingerprint density at radius 1 is 1.16 bits per heavy atom. The van der Waals surface area contributed by atoms with Gasteiger partial charge in [0.05, 0.1) is 16.9 Å². The summed E-state index contributed by atoms with van der Waals surface area (Å²) in [4.78, 5) is 19.9. The van der Waals surface area contributed by atoms with Crippen molar-refractivity contribution in [2.24, 2.45) is 4.99 Å². The molecular weight excluding hydrogens is 400 g/mol. The molecule has 1 saturated carbocycles. The van der Waals surface area contributed by atoms with Crippen molar-refractivity contribution in [1.29, 1.82) is 0 Å². The molecule has 0 atom stereocenters. The van der Waals surface area contributed by atoms with Gasteiger partial charge in [-0.1, -0.05) is 38.0 Å². The number of nitrogens with one attached hydrogen (secondary N) is 4. The highest BCUT2D eigenvalue weighted by Crippen LogP contribution is 2.25. The summed E-state index contributed by atoms with van der Waals surface area (Å²) < 4.78 is 1.82. The van der Waals surface area contributed by atoms with Crippen molar-refractivity contribution in [3.63, 3.8) is 0 Å². The van der Waals surface area contributed by atoms with Gasteiger partial charge in [-0.3, -0.25) is 4.57 Å². The lowest BCUT2D eigenvalue weighted by atomic mass is 9.95. The van der Waals surface area contributed by atoms with Gasteiger partial charge in [0.25, 0.3) is 0 Å². The predicted octanol–water partition coefficient (Wildman–Crippen LogP) is 2.20. The Balaban J connectivity index is 1.37. The number of anilines is 1. The third-order valence-corrected chi connectivity index (χ3v) is 6.60. The molecule has 2 fully saturated rings. The molecule has 0 amide bonds. The maximum Gasteiger partial charge on any atom is 0.326 e. The normalized spacial score (nSPS) is 19.4. The standard InChI is InChI=1S/C25H36N6O/c1-18-24(30-25(32)31(18)23-6-4-3-5-7-23)17-27-19(2)29-22-10-8-20(9-11-22)16-28-21-12-14-26-15-13-21/h8-11,17,21,23,26,28H,1,3-7,12-16H2,2H3,(H,27,29)(H,30,32)/b24-17+. The Bertz CT molecular complexity index is 1070. The molecular formula is C25H36N6O. The van der Waals surface area contributed by atoms with E-state index in [1.165, 1.54) is 37.7 Å². The molecule has 4 N–H and O–H groups in total. The van der Waals surface area contributed by atoms with E-state index in [1.54, 1.807) is 6.20 Å². The second-order valence-electron chi connectivity index (χ2n) is 9.02. The Morgan fingerprint density at radius 2 is 1.88 bits per heavy atom. The molecule has 2 aliphatic rings. The summed E-state index contributed by atoms with van der Waals surface area (Å²) in [6, 6.07) is 9.30. The highest BCUT2D eigenvalue weighted by atomic mass is 16.1. The smallest absolute Gasteiger partial charge is 0.326 e. The molecule has 1 saturated heterocycles. The molecule has 172 valence electrons. The number of rotatable bonds is 6. The predicted molar refractivity (Wildman–Crippen MR) is 132 cm³/mol. The first-order valence-corrected chi connectivity index (χ1v) is 11.9. The van der Waals surface area contributed by atoms with E-state index < -0.39 is 0 Å². The molecule has 32 heavy (non-hydrogen) atoms. The van der Waals surface area contributed by atoms with E-state index in [2.05, 4.69) is 56.8 Å². The minimum atomic E-state index is -0.0809. The van der Waals surface area contributed by atoms with Crippen molar-refractivity contribution in [2.45, 2.75) is 70.5 Å². The number of hydrogen-bond donors (Lipinski definition) is 4. The number of aromatic nitrogens is 2. The molecule has 7 nitrogen and oxygen atoms in total.